The summed E-state index contributed by atoms with van der Waals surface area (Å²) in [5.41, 5.74) is 0.354. The van der Waals surface area contributed by atoms with Crippen molar-refractivity contribution in [1.82, 2.24) is 15.5 Å². The van der Waals surface area contributed by atoms with Crippen LogP contribution in [0.3, 0.4) is 0 Å². The van der Waals surface area contributed by atoms with Crippen molar-refractivity contribution in [3.8, 4) is 0 Å². The molecule has 2 amide bonds. The summed E-state index contributed by atoms with van der Waals surface area (Å²) in [6, 6.07) is 0. The van der Waals surface area contributed by atoms with E-state index in [1.54, 1.807) is 0 Å². The van der Waals surface area contributed by atoms with Crippen molar-refractivity contribution in [1.29, 1.82) is 0 Å². The summed E-state index contributed by atoms with van der Waals surface area (Å²) in [5.74, 6) is 0.421. The molecule has 1 heterocycles. The van der Waals surface area contributed by atoms with E-state index >= 15 is 0 Å². The van der Waals surface area contributed by atoms with E-state index < -0.39 is 6.10 Å². The van der Waals surface area contributed by atoms with E-state index in [-0.39, 0.29) is 18.2 Å². The Balaban J connectivity index is 0.000000541. The van der Waals surface area contributed by atoms with Gasteiger partial charge in [-0.05, 0) is 45.2 Å². The van der Waals surface area contributed by atoms with E-state index in [4.69, 9.17) is 9.47 Å². The van der Waals surface area contributed by atoms with Crippen molar-refractivity contribution < 1.29 is 19.1 Å². The van der Waals surface area contributed by atoms with Gasteiger partial charge in [-0.3, -0.25) is 14.5 Å². The Morgan fingerprint density at radius 1 is 1.30 bits per heavy atom. The summed E-state index contributed by atoms with van der Waals surface area (Å²) >= 11 is 0. The lowest BCUT2D eigenvalue weighted by Gasteiger charge is -2.34. The third-order valence-electron chi connectivity index (χ3n) is 4.63. The van der Waals surface area contributed by atoms with Crippen LogP contribution in [0.15, 0.2) is 0 Å². The monoisotopic (exact) mass is 387 g/mol. The lowest BCUT2D eigenvalue weighted by atomic mass is 9.85. The zero-order valence-electron chi connectivity index (χ0n) is 18.6. The molecule has 27 heavy (non-hydrogen) atoms. The molecule has 1 aliphatic heterocycles. The number of carbonyl (C=O) groups is 2. The topological polar surface area (TPSA) is 79.9 Å². The maximum atomic E-state index is 11.6. The molecule has 2 N–H and O–H groups in total. The Morgan fingerprint density at radius 3 is 2.37 bits per heavy atom. The molecule has 1 fully saturated rings. The first-order valence-corrected chi connectivity index (χ1v) is 9.78. The second kappa shape index (κ2) is 12.3. The van der Waals surface area contributed by atoms with Crippen molar-refractivity contribution in [3.05, 3.63) is 0 Å². The number of nitrogens with one attached hydrogen (secondary N) is 2. The molecule has 160 valence electrons. The predicted molar refractivity (Wildman–Crippen MR) is 108 cm³/mol. The average molecular weight is 388 g/mol. The molecule has 1 aliphatic rings. The zero-order chi connectivity index (χ0) is 21.1. The molecule has 0 aromatic heterocycles. The van der Waals surface area contributed by atoms with Gasteiger partial charge in [0, 0.05) is 18.6 Å². The van der Waals surface area contributed by atoms with E-state index in [9.17, 15) is 9.59 Å². The van der Waals surface area contributed by atoms with Crippen LogP contribution in [0, 0.1) is 11.3 Å². The molecule has 2 unspecified atom stereocenters. The third kappa shape index (κ3) is 12.0. The number of rotatable bonds is 9. The van der Waals surface area contributed by atoms with E-state index in [0.29, 0.717) is 31.0 Å². The molecular formula is C20H41N3O4. The fraction of sp³-hybridized carbons (Fsp3) is 0.900. The number of hydrogen-bond acceptors (Lipinski definition) is 5. The molecule has 0 radical (unpaired) electrons. The Bertz CT molecular complexity index is 429. The van der Waals surface area contributed by atoms with Crippen LogP contribution in [0.25, 0.3) is 0 Å². The Labute approximate surface area is 165 Å². The van der Waals surface area contributed by atoms with Crippen LogP contribution in [-0.2, 0) is 19.1 Å². The normalized spacial score (nSPS) is 18.5. The first-order chi connectivity index (χ1) is 12.4. The first kappa shape index (κ1) is 25.8. The van der Waals surface area contributed by atoms with Gasteiger partial charge in [-0.15, -0.1) is 0 Å². The largest absolute Gasteiger partial charge is 0.357 e. The van der Waals surface area contributed by atoms with E-state index in [1.165, 1.54) is 0 Å². The van der Waals surface area contributed by atoms with Gasteiger partial charge in [0.25, 0.3) is 5.91 Å². The molecule has 0 aliphatic carbocycles. The lowest BCUT2D eigenvalue weighted by molar-refractivity contribution is -0.129. The highest BCUT2D eigenvalue weighted by Crippen LogP contribution is 2.23. The minimum absolute atomic E-state index is 0.0513. The molecule has 2 atom stereocenters. The number of ether oxygens (including phenoxy) is 2. The van der Waals surface area contributed by atoms with Crippen LogP contribution in [0.2, 0.25) is 0 Å². The van der Waals surface area contributed by atoms with Crippen molar-refractivity contribution >= 4 is 12.3 Å². The van der Waals surface area contributed by atoms with E-state index in [0.717, 1.165) is 19.4 Å². The van der Waals surface area contributed by atoms with Crippen molar-refractivity contribution in [3.63, 3.8) is 0 Å². The number of amides is 2. The van der Waals surface area contributed by atoms with Gasteiger partial charge in [-0.25, -0.2) is 0 Å². The van der Waals surface area contributed by atoms with Gasteiger partial charge >= 0.3 is 0 Å². The highest BCUT2D eigenvalue weighted by molar-refractivity contribution is 5.81. The minimum Gasteiger partial charge on any atom is -0.357 e. The number of likely N-dealkylation sites (N-methyl/N-ethyl adjacent to an activating group) is 1. The van der Waals surface area contributed by atoms with Gasteiger partial charge in [0.1, 0.15) is 6.79 Å². The van der Waals surface area contributed by atoms with E-state index in [1.807, 2.05) is 7.05 Å². The number of nitrogens with zero attached hydrogens (tertiary/aromatic N) is 1. The molecule has 1 saturated heterocycles. The molecule has 0 saturated carbocycles. The van der Waals surface area contributed by atoms with Crippen molar-refractivity contribution in [2.45, 2.75) is 66.5 Å². The molecular weight excluding hydrogens is 346 g/mol. The highest BCUT2D eigenvalue weighted by atomic mass is 16.7. The van der Waals surface area contributed by atoms with Crippen molar-refractivity contribution in [2.24, 2.45) is 11.3 Å². The van der Waals surface area contributed by atoms with Gasteiger partial charge in [-0.1, -0.05) is 34.6 Å². The third-order valence-corrected chi connectivity index (χ3v) is 4.63. The Morgan fingerprint density at radius 2 is 1.93 bits per heavy atom. The summed E-state index contributed by atoms with van der Waals surface area (Å²) < 4.78 is 10.1. The van der Waals surface area contributed by atoms with Crippen LogP contribution in [0.4, 0.5) is 0 Å². The zero-order valence-corrected chi connectivity index (χ0v) is 18.6. The van der Waals surface area contributed by atoms with Crippen molar-refractivity contribution in [2.75, 3.05) is 40.1 Å². The SMILES string of the molecule is CC(CNC(=O)C1COCO1)CC(C)(C)C.CCN(C)C(C)(C)CNC=O. The predicted octanol–water partition coefficient (Wildman–Crippen LogP) is 2.01. The van der Waals surface area contributed by atoms with Crippen LogP contribution in [-0.4, -0.2) is 68.9 Å². The summed E-state index contributed by atoms with van der Waals surface area (Å²) in [6.07, 6.45) is 1.42. The van der Waals surface area contributed by atoms with Gasteiger partial charge < -0.3 is 20.1 Å². The highest BCUT2D eigenvalue weighted by Gasteiger charge is 2.25. The quantitative estimate of drug-likeness (QED) is 0.592. The molecule has 7 heteroatoms. The lowest BCUT2D eigenvalue weighted by Crippen LogP contribution is -2.48. The number of hydrogen-bond donors (Lipinski definition) is 2. The standard InChI is InChI=1S/C12H23NO3.C8H18N2O/c1-9(5-12(2,3)4)6-13-11(14)10-7-15-8-16-10;1-5-10(4)8(2,3)6-9-7-11/h9-10H,5-8H2,1-4H3,(H,13,14);7H,5-6H2,1-4H3,(H,9,11). The first-order valence-electron chi connectivity index (χ1n) is 9.78. The summed E-state index contributed by atoms with van der Waals surface area (Å²) in [4.78, 5) is 23.8. The maximum absolute atomic E-state index is 11.6. The minimum atomic E-state index is -0.415. The van der Waals surface area contributed by atoms with Crippen LogP contribution in [0.1, 0.15) is 54.9 Å². The average Bonchev–Trinajstić information content (AvgIpc) is 3.10. The van der Waals surface area contributed by atoms with Gasteiger partial charge in [-0.2, -0.15) is 0 Å². The Hall–Kier alpha value is -1.18. The fourth-order valence-corrected chi connectivity index (χ4v) is 2.85. The molecule has 0 spiro atoms. The summed E-state index contributed by atoms with van der Waals surface area (Å²) in [6.45, 7) is 18.1. The van der Waals surface area contributed by atoms with Crippen LogP contribution in [0.5, 0.6) is 0 Å². The maximum Gasteiger partial charge on any atom is 0.251 e. The number of carbonyl (C=O) groups excluding carboxylic acids is 2. The van der Waals surface area contributed by atoms with Crippen LogP contribution < -0.4 is 10.6 Å². The molecule has 0 bridgehead atoms. The second-order valence-electron chi connectivity index (χ2n) is 9.08. The molecule has 0 aromatic carbocycles. The molecule has 1 rings (SSSR count). The van der Waals surface area contributed by atoms with E-state index in [2.05, 4.69) is 64.0 Å². The fourth-order valence-electron chi connectivity index (χ4n) is 2.85. The summed E-state index contributed by atoms with van der Waals surface area (Å²) in [7, 11) is 2.05. The van der Waals surface area contributed by atoms with Gasteiger partial charge in [0.05, 0.1) is 6.61 Å². The Kier molecular flexibility index (Phi) is 11.8. The van der Waals surface area contributed by atoms with Crippen LogP contribution >= 0.6 is 0 Å². The second-order valence-corrected chi connectivity index (χ2v) is 9.08. The molecule has 7 nitrogen and oxygen atoms in total. The summed E-state index contributed by atoms with van der Waals surface area (Å²) in [5, 5.41) is 5.58. The smallest absolute Gasteiger partial charge is 0.251 e. The van der Waals surface area contributed by atoms with Gasteiger partial charge in [0.2, 0.25) is 6.41 Å². The van der Waals surface area contributed by atoms with Gasteiger partial charge in [0.15, 0.2) is 6.10 Å². The molecule has 0 aromatic rings.